The van der Waals surface area contributed by atoms with Crippen molar-refractivity contribution in [2.45, 2.75) is 45.4 Å². The van der Waals surface area contributed by atoms with Crippen LogP contribution in [-0.2, 0) is 9.47 Å². The summed E-state index contributed by atoms with van der Waals surface area (Å²) in [6.07, 6.45) is -0.196. The number of halogens is 1. The number of carbonyl (C=O) groups is 1. The van der Waals surface area contributed by atoms with E-state index in [-0.39, 0.29) is 18.2 Å². The molecular weight excluding hydrogens is 274 g/mol. The van der Waals surface area contributed by atoms with Crippen molar-refractivity contribution >= 4 is 22.0 Å². The van der Waals surface area contributed by atoms with Crippen LogP contribution in [0.15, 0.2) is 0 Å². The molecule has 1 rings (SSSR count). The van der Waals surface area contributed by atoms with Crippen molar-refractivity contribution in [2.24, 2.45) is 0 Å². The number of nitrogens with zero attached hydrogens (tertiary/aromatic N) is 1. The topological polar surface area (TPSA) is 38.8 Å². The lowest BCUT2D eigenvalue weighted by atomic mass is 10.2. The van der Waals surface area contributed by atoms with Crippen LogP contribution in [0, 0.1) is 0 Å². The van der Waals surface area contributed by atoms with Gasteiger partial charge in [-0.05, 0) is 27.7 Å². The lowest BCUT2D eigenvalue weighted by molar-refractivity contribution is -0.0567. The summed E-state index contributed by atoms with van der Waals surface area (Å²) in [5, 5.41) is 0.735. The molecule has 1 unspecified atom stereocenters. The van der Waals surface area contributed by atoms with Gasteiger partial charge in [-0.3, -0.25) is 0 Å². The molecule has 0 N–H and O–H groups in total. The average Bonchev–Trinajstić information content (AvgIpc) is 2.15. The Morgan fingerprint density at radius 3 is 2.69 bits per heavy atom. The predicted molar refractivity (Wildman–Crippen MR) is 65.9 cm³/mol. The molecule has 0 spiro atoms. The monoisotopic (exact) mass is 293 g/mol. The molecule has 2 atom stereocenters. The van der Waals surface area contributed by atoms with Crippen molar-refractivity contribution in [2.75, 3.05) is 18.5 Å². The fraction of sp³-hybridized carbons (Fsp3) is 0.909. The van der Waals surface area contributed by atoms with Crippen LogP contribution >= 0.6 is 15.9 Å². The molecule has 1 saturated heterocycles. The normalized spacial score (nSPS) is 26.7. The van der Waals surface area contributed by atoms with Gasteiger partial charge in [-0.2, -0.15) is 0 Å². The van der Waals surface area contributed by atoms with Gasteiger partial charge in [0.1, 0.15) is 5.60 Å². The van der Waals surface area contributed by atoms with Gasteiger partial charge in [0.15, 0.2) is 0 Å². The van der Waals surface area contributed by atoms with Gasteiger partial charge in [-0.1, -0.05) is 15.9 Å². The third kappa shape index (κ3) is 3.94. The highest BCUT2D eigenvalue weighted by atomic mass is 79.9. The van der Waals surface area contributed by atoms with E-state index in [9.17, 15) is 4.79 Å². The summed E-state index contributed by atoms with van der Waals surface area (Å²) in [5.74, 6) is 0. The Labute approximate surface area is 105 Å². The second-order valence-electron chi connectivity index (χ2n) is 5.09. The van der Waals surface area contributed by atoms with Crippen LogP contribution in [0.2, 0.25) is 0 Å². The van der Waals surface area contributed by atoms with Crippen molar-refractivity contribution in [3.63, 3.8) is 0 Å². The molecule has 1 aliphatic heterocycles. The standard InChI is InChI=1S/C11H20BrNO3/c1-8-7-15-9(5-12)6-13(8)10(14)16-11(2,3)4/h8-9H,5-7H2,1-4H3/t8?,9-/m0/s1. The first-order valence-corrected chi connectivity index (χ1v) is 6.63. The predicted octanol–water partition coefficient (Wildman–Crippen LogP) is 2.41. The highest BCUT2D eigenvalue weighted by molar-refractivity contribution is 9.09. The van der Waals surface area contributed by atoms with E-state index < -0.39 is 5.60 Å². The van der Waals surface area contributed by atoms with Gasteiger partial charge in [-0.25, -0.2) is 4.79 Å². The molecule has 1 fully saturated rings. The Kier molecular flexibility index (Phi) is 4.62. The Morgan fingerprint density at radius 2 is 2.19 bits per heavy atom. The molecule has 16 heavy (non-hydrogen) atoms. The second kappa shape index (κ2) is 5.36. The number of alkyl halides is 1. The molecule has 1 amide bonds. The van der Waals surface area contributed by atoms with Crippen LogP contribution in [0.3, 0.4) is 0 Å². The third-order valence-corrected chi connectivity index (χ3v) is 3.03. The number of hydrogen-bond donors (Lipinski definition) is 0. The summed E-state index contributed by atoms with van der Waals surface area (Å²) in [5.41, 5.74) is -0.445. The molecule has 4 nitrogen and oxygen atoms in total. The van der Waals surface area contributed by atoms with Crippen molar-refractivity contribution in [1.29, 1.82) is 0 Å². The van der Waals surface area contributed by atoms with Crippen LogP contribution in [0.1, 0.15) is 27.7 Å². The molecule has 0 aromatic carbocycles. The smallest absolute Gasteiger partial charge is 0.410 e. The quantitative estimate of drug-likeness (QED) is 0.697. The lowest BCUT2D eigenvalue weighted by Gasteiger charge is -2.38. The molecule has 0 bridgehead atoms. The van der Waals surface area contributed by atoms with Crippen molar-refractivity contribution in [1.82, 2.24) is 4.90 Å². The maximum atomic E-state index is 11.9. The van der Waals surface area contributed by atoms with Gasteiger partial charge in [0, 0.05) is 5.33 Å². The zero-order valence-corrected chi connectivity index (χ0v) is 11.9. The summed E-state index contributed by atoms with van der Waals surface area (Å²) in [4.78, 5) is 13.7. The van der Waals surface area contributed by atoms with E-state index in [0.717, 1.165) is 5.33 Å². The first-order valence-electron chi connectivity index (χ1n) is 5.50. The minimum atomic E-state index is -0.445. The van der Waals surface area contributed by atoms with E-state index in [2.05, 4.69) is 15.9 Å². The molecule has 5 heteroatoms. The van der Waals surface area contributed by atoms with Crippen molar-refractivity contribution < 1.29 is 14.3 Å². The SMILES string of the molecule is CC1CO[C@@H](CBr)CN1C(=O)OC(C)(C)C. The Hall–Kier alpha value is -0.290. The molecule has 0 aliphatic carbocycles. The zero-order valence-electron chi connectivity index (χ0n) is 10.3. The highest BCUT2D eigenvalue weighted by Gasteiger charge is 2.32. The van der Waals surface area contributed by atoms with Gasteiger partial charge < -0.3 is 14.4 Å². The average molecular weight is 294 g/mol. The number of amides is 1. The highest BCUT2D eigenvalue weighted by Crippen LogP contribution is 2.17. The molecular formula is C11H20BrNO3. The minimum Gasteiger partial charge on any atom is -0.444 e. The molecule has 0 radical (unpaired) electrons. The van der Waals surface area contributed by atoms with Gasteiger partial charge in [-0.15, -0.1) is 0 Å². The number of rotatable bonds is 1. The van der Waals surface area contributed by atoms with Crippen LogP contribution < -0.4 is 0 Å². The number of carbonyl (C=O) groups excluding carboxylic acids is 1. The Bertz CT molecular complexity index is 252. The zero-order chi connectivity index (χ0) is 12.3. The van der Waals surface area contributed by atoms with Crippen molar-refractivity contribution in [3.05, 3.63) is 0 Å². The van der Waals surface area contributed by atoms with Crippen LogP contribution in [-0.4, -0.2) is 47.2 Å². The summed E-state index contributed by atoms with van der Waals surface area (Å²) in [6, 6.07) is 0.0742. The van der Waals surface area contributed by atoms with E-state index in [1.165, 1.54) is 0 Å². The Balaban J connectivity index is 2.59. The number of ether oxygens (including phenoxy) is 2. The first-order chi connectivity index (χ1) is 7.33. The molecule has 0 saturated carbocycles. The summed E-state index contributed by atoms with van der Waals surface area (Å²) in [6.45, 7) is 8.74. The summed E-state index contributed by atoms with van der Waals surface area (Å²) >= 11 is 3.37. The second-order valence-corrected chi connectivity index (χ2v) is 5.74. The van der Waals surface area contributed by atoms with Gasteiger partial charge >= 0.3 is 6.09 Å². The fourth-order valence-electron chi connectivity index (χ4n) is 1.49. The van der Waals surface area contributed by atoms with E-state index in [1.807, 2.05) is 27.7 Å². The fourth-order valence-corrected chi connectivity index (χ4v) is 1.88. The lowest BCUT2D eigenvalue weighted by Crippen LogP contribution is -2.52. The molecule has 0 aromatic heterocycles. The summed E-state index contributed by atoms with van der Waals surface area (Å²) in [7, 11) is 0. The minimum absolute atomic E-state index is 0.0590. The largest absolute Gasteiger partial charge is 0.444 e. The number of morpholine rings is 1. The van der Waals surface area contributed by atoms with E-state index in [0.29, 0.717) is 13.2 Å². The van der Waals surface area contributed by atoms with Gasteiger partial charge in [0.2, 0.25) is 0 Å². The van der Waals surface area contributed by atoms with Gasteiger partial charge in [0.05, 0.1) is 25.3 Å². The first kappa shape index (κ1) is 13.8. The number of hydrogen-bond acceptors (Lipinski definition) is 3. The molecule has 1 aliphatic rings. The van der Waals surface area contributed by atoms with E-state index >= 15 is 0 Å². The maximum absolute atomic E-state index is 11.9. The maximum Gasteiger partial charge on any atom is 0.410 e. The summed E-state index contributed by atoms with van der Waals surface area (Å²) < 4.78 is 10.9. The molecule has 0 aromatic rings. The third-order valence-electron chi connectivity index (χ3n) is 2.31. The van der Waals surface area contributed by atoms with Gasteiger partial charge in [0.25, 0.3) is 0 Å². The van der Waals surface area contributed by atoms with Crippen LogP contribution in [0.5, 0.6) is 0 Å². The van der Waals surface area contributed by atoms with E-state index in [1.54, 1.807) is 4.90 Å². The molecule has 1 heterocycles. The van der Waals surface area contributed by atoms with E-state index in [4.69, 9.17) is 9.47 Å². The van der Waals surface area contributed by atoms with Crippen LogP contribution in [0.4, 0.5) is 4.79 Å². The Morgan fingerprint density at radius 1 is 1.56 bits per heavy atom. The van der Waals surface area contributed by atoms with Crippen LogP contribution in [0.25, 0.3) is 0 Å². The molecule has 94 valence electrons. The van der Waals surface area contributed by atoms with Crippen molar-refractivity contribution in [3.8, 4) is 0 Å².